The van der Waals surface area contributed by atoms with Gasteiger partial charge >= 0.3 is 5.97 Å². The molecular weight excluding hydrogens is 236 g/mol. The van der Waals surface area contributed by atoms with Gasteiger partial charge in [-0.3, -0.25) is 4.79 Å². The minimum atomic E-state index is -0.880. The molecule has 0 unspecified atom stereocenters. The first-order chi connectivity index (χ1) is 7.72. The lowest BCUT2D eigenvalue weighted by Crippen LogP contribution is -2.27. The van der Waals surface area contributed by atoms with Gasteiger partial charge in [-0.2, -0.15) is 0 Å². The van der Waals surface area contributed by atoms with E-state index in [0.717, 1.165) is 11.5 Å². The molecule has 5 heteroatoms. The van der Waals surface area contributed by atoms with Crippen LogP contribution < -0.4 is 0 Å². The second-order valence-corrected chi connectivity index (χ2v) is 6.42. The summed E-state index contributed by atoms with van der Waals surface area (Å²) in [5.74, 6) is 0.153. The zero-order valence-electron chi connectivity index (χ0n) is 10.8. The summed E-state index contributed by atoms with van der Waals surface area (Å²) in [4.78, 5) is 19.8. The van der Waals surface area contributed by atoms with Gasteiger partial charge in [0.2, 0.25) is 0 Å². The predicted molar refractivity (Wildman–Crippen MR) is 68.4 cm³/mol. The van der Waals surface area contributed by atoms with Crippen molar-refractivity contribution in [2.24, 2.45) is 0 Å². The number of thioether (sulfide) groups is 1. The van der Waals surface area contributed by atoms with Gasteiger partial charge in [-0.05, 0) is 26.8 Å². The highest BCUT2D eigenvalue weighted by Crippen LogP contribution is 2.32. The molecule has 0 atom stereocenters. The van der Waals surface area contributed by atoms with Crippen LogP contribution in [0.1, 0.15) is 45.1 Å². The Balaban J connectivity index is 3.03. The van der Waals surface area contributed by atoms with E-state index in [2.05, 4.69) is 9.97 Å². The van der Waals surface area contributed by atoms with Crippen molar-refractivity contribution >= 4 is 17.7 Å². The number of aromatic nitrogens is 2. The smallest absolute Gasteiger partial charge is 0.319 e. The summed E-state index contributed by atoms with van der Waals surface area (Å²) in [6, 6.07) is 1.82. The van der Waals surface area contributed by atoms with E-state index in [1.165, 1.54) is 11.8 Å². The van der Waals surface area contributed by atoms with Gasteiger partial charge < -0.3 is 5.11 Å². The van der Waals surface area contributed by atoms with Crippen LogP contribution in [0.15, 0.2) is 11.1 Å². The van der Waals surface area contributed by atoms with Crippen LogP contribution >= 0.6 is 11.8 Å². The van der Waals surface area contributed by atoms with Crippen molar-refractivity contribution in [2.45, 2.75) is 50.3 Å². The topological polar surface area (TPSA) is 63.1 Å². The molecule has 0 aliphatic carbocycles. The zero-order valence-corrected chi connectivity index (χ0v) is 11.6. The molecule has 1 aromatic heterocycles. The lowest BCUT2D eigenvalue weighted by atomic mass is 10.2. The Hall–Kier alpha value is -1.10. The van der Waals surface area contributed by atoms with E-state index in [4.69, 9.17) is 5.11 Å². The van der Waals surface area contributed by atoms with Gasteiger partial charge in [0.05, 0.1) is 0 Å². The Kier molecular flexibility index (Phi) is 4.14. The van der Waals surface area contributed by atoms with Crippen molar-refractivity contribution in [1.82, 2.24) is 9.97 Å². The van der Waals surface area contributed by atoms with Crippen molar-refractivity contribution < 1.29 is 9.90 Å². The molecule has 4 nitrogen and oxygen atoms in total. The van der Waals surface area contributed by atoms with E-state index >= 15 is 0 Å². The fourth-order valence-electron chi connectivity index (χ4n) is 1.18. The van der Waals surface area contributed by atoms with Crippen LogP contribution in [0.25, 0.3) is 0 Å². The molecule has 0 fully saturated rings. The summed E-state index contributed by atoms with van der Waals surface area (Å²) in [7, 11) is 0. The van der Waals surface area contributed by atoms with E-state index in [0.29, 0.717) is 5.03 Å². The quantitative estimate of drug-likeness (QED) is 0.661. The van der Waals surface area contributed by atoms with Gasteiger partial charge in [-0.15, -0.1) is 0 Å². The molecule has 1 rings (SSSR count). The highest BCUT2D eigenvalue weighted by Gasteiger charge is 2.29. The van der Waals surface area contributed by atoms with Crippen molar-refractivity contribution in [3.63, 3.8) is 0 Å². The van der Waals surface area contributed by atoms with Gasteiger partial charge in [0, 0.05) is 11.6 Å². The maximum absolute atomic E-state index is 11.1. The molecule has 1 aromatic rings. The highest BCUT2D eigenvalue weighted by atomic mass is 32.2. The summed E-state index contributed by atoms with van der Waals surface area (Å²) >= 11 is 1.25. The molecule has 0 aromatic carbocycles. The molecule has 1 heterocycles. The number of carbonyl (C=O) groups is 1. The van der Waals surface area contributed by atoms with Crippen LogP contribution in [0.5, 0.6) is 0 Å². The zero-order chi connectivity index (χ0) is 13.2. The van der Waals surface area contributed by atoms with E-state index < -0.39 is 10.7 Å². The number of carboxylic acid groups (broad SMARTS) is 1. The summed E-state index contributed by atoms with van der Waals surface area (Å²) < 4.78 is -0.880. The third-order valence-electron chi connectivity index (χ3n) is 2.24. The first kappa shape index (κ1) is 14.0. The fourth-order valence-corrected chi connectivity index (χ4v) is 2.16. The standard InChI is InChI=1S/C12H18N2O2S/c1-7(2)10-13-8(3)6-9(14-10)17-12(4,5)11(15)16/h6-7H,1-5H3,(H,15,16). The molecule has 94 valence electrons. The first-order valence-electron chi connectivity index (χ1n) is 5.50. The molecule has 1 N–H and O–H groups in total. The average Bonchev–Trinajstić information content (AvgIpc) is 2.15. The Bertz CT molecular complexity index is 431. The van der Waals surface area contributed by atoms with Crippen LogP contribution in [-0.4, -0.2) is 25.8 Å². The van der Waals surface area contributed by atoms with Crippen molar-refractivity contribution in [2.75, 3.05) is 0 Å². The molecular formula is C12H18N2O2S. The van der Waals surface area contributed by atoms with Gasteiger partial charge in [0.25, 0.3) is 0 Å². The van der Waals surface area contributed by atoms with Crippen LogP contribution in [0, 0.1) is 6.92 Å². The normalized spacial score (nSPS) is 11.9. The lowest BCUT2D eigenvalue weighted by molar-refractivity contribution is -0.138. The van der Waals surface area contributed by atoms with Gasteiger partial charge in [-0.25, -0.2) is 9.97 Å². The highest BCUT2D eigenvalue weighted by molar-refractivity contribution is 8.01. The molecule has 0 amide bonds. The molecule has 0 bridgehead atoms. The monoisotopic (exact) mass is 254 g/mol. The predicted octanol–water partition coefficient (Wildman–Crippen LogP) is 2.86. The van der Waals surface area contributed by atoms with Crippen molar-refractivity contribution in [1.29, 1.82) is 0 Å². The minimum absolute atomic E-state index is 0.238. The Labute approximate surface area is 106 Å². The Morgan fingerprint density at radius 3 is 2.47 bits per heavy atom. The van der Waals surface area contributed by atoms with Gasteiger partial charge in [0.15, 0.2) is 0 Å². The fraction of sp³-hybridized carbons (Fsp3) is 0.583. The SMILES string of the molecule is Cc1cc(SC(C)(C)C(=O)O)nc(C(C)C)n1. The van der Waals surface area contributed by atoms with Gasteiger partial charge in [-0.1, -0.05) is 25.6 Å². The van der Waals surface area contributed by atoms with Gasteiger partial charge in [0.1, 0.15) is 15.6 Å². The number of hydrogen-bond donors (Lipinski definition) is 1. The second-order valence-electron chi connectivity index (χ2n) is 4.78. The van der Waals surface area contributed by atoms with Crippen LogP contribution in [0.3, 0.4) is 0 Å². The summed E-state index contributed by atoms with van der Waals surface area (Å²) in [5.41, 5.74) is 0.868. The van der Waals surface area contributed by atoms with E-state index in [1.54, 1.807) is 13.8 Å². The molecule has 0 spiro atoms. The molecule has 0 saturated heterocycles. The minimum Gasteiger partial charge on any atom is -0.480 e. The lowest BCUT2D eigenvalue weighted by Gasteiger charge is -2.18. The van der Waals surface area contributed by atoms with Crippen LogP contribution in [0.4, 0.5) is 0 Å². The number of nitrogens with zero attached hydrogens (tertiary/aromatic N) is 2. The second kappa shape index (κ2) is 5.04. The van der Waals surface area contributed by atoms with Crippen molar-refractivity contribution in [3.8, 4) is 0 Å². The third kappa shape index (κ3) is 3.70. The molecule has 17 heavy (non-hydrogen) atoms. The van der Waals surface area contributed by atoms with E-state index in [-0.39, 0.29) is 5.92 Å². The van der Waals surface area contributed by atoms with Crippen LogP contribution in [-0.2, 0) is 4.79 Å². The number of aryl methyl sites for hydroxylation is 1. The third-order valence-corrected chi connectivity index (χ3v) is 3.34. The summed E-state index contributed by atoms with van der Waals surface area (Å²) in [5, 5.41) is 9.80. The molecule has 0 saturated carbocycles. The summed E-state index contributed by atoms with van der Waals surface area (Å²) in [6.07, 6.45) is 0. The maximum Gasteiger partial charge on any atom is 0.319 e. The average molecular weight is 254 g/mol. The van der Waals surface area contributed by atoms with E-state index in [1.807, 2.05) is 26.8 Å². The van der Waals surface area contributed by atoms with E-state index in [9.17, 15) is 4.79 Å². The first-order valence-corrected chi connectivity index (χ1v) is 6.32. The van der Waals surface area contributed by atoms with Crippen molar-refractivity contribution in [3.05, 3.63) is 17.6 Å². The number of hydrogen-bond acceptors (Lipinski definition) is 4. The summed E-state index contributed by atoms with van der Waals surface area (Å²) in [6.45, 7) is 9.28. The molecule has 0 radical (unpaired) electrons. The number of carboxylic acids is 1. The molecule has 0 aliphatic heterocycles. The Morgan fingerprint density at radius 2 is 2.00 bits per heavy atom. The number of aliphatic carboxylic acids is 1. The molecule has 0 aliphatic rings. The maximum atomic E-state index is 11.1. The number of rotatable bonds is 4. The van der Waals surface area contributed by atoms with Crippen LogP contribution in [0.2, 0.25) is 0 Å². The Morgan fingerprint density at radius 1 is 1.41 bits per heavy atom. The largest absolute Gasteiger partial charge is 0.480 e.